The SMILES string of the molecule is CC(C)C(CS(=N)(=O)C(C)C)N1C(=O)[C@@](C)(CC(=O)NS(=O)(=O)C2(C)CC2)C[C@H](c2cccc(Cl)c2)[C@H]1c1ccc(Cl)cc1. The van der Waals surface area contributed by atoms with Crippen molar-refractivity contribution in [1.82, 2.24) is 9.62 Å². The molecule has 0 spiro atoms. The minimum Gasteiger partial charge on any atom is -0.330 e. The van der Waals surface area contributed by atoms with E-state index in [2.05, 4.69) is 4.72 Å². The van der Waals surface area contributed by atoms with Gasteiger partial charge in [-0.15, -0.1) is 0 Å². The largest absolute Gasteiger partial charge is 0.330 e. The van der Waals surface area contributed by atoms with Gasteiger partial charge in [0.1, 0.15) is 0 Å². The Morgan fingerprint density at radius 2 is 1.61 bits per heavy atom. The second-order valence-electron chi connectivity index (χ2n) is 13.5. The molecule has 0 bridgehead atoms. The molecular weight excluding hydrogens is 641 g/mol. The number of nitrogens with one attached hydrogen (secondary N) is 2. The number of nitrogens with zero attached hydrogens (tertiary/aromatic N) is 1. The zero-order valence-corrected chi connectivity index (χ0v) is 29.2. The number of halogens is 2. The highest BCUT2D eigenvalue weighted by Gasteiger charge is 2.55. The first-order valence-electron chi connectivity index (χ1n) is 14.9. The van der Waals surface area contributed by atoms with E-state index in [1.54, 1.807) is 50.8 Å². The molecule has 2 aromatic carbocycles. The molecule has 1 saturated carbocycles. The molecular formula is C32H43Cl2N3O5S2. The Balaban J connectivity index is 1.88. The number of piperidine rings is 1. The zero-order valence-electron chi connectivity index (χ0n) is 26.1. The lowest BCUT2D eigenvalue weighted by Gasteiger charge is -2.53. The zero-order chi connectivity index (χ0) is 32.8. The molecule has 5 atom stereocenters. The van der Waals surface area contributed by atoms with Crippen LogP contribution in [0.5, 0.6) is 0 Å². The Hall–Kier alpha value is -2.14. The quantitative estimate of drug-likeness (QED) is 0.266. The van der Waals surface area contributed by atoms with E-state index in [0.29, 0.717) is 22.9 Å². The molecule has 0 aromatic heterocycles. The van der Waals surface area contributed by atoms with Crippen LogP contribution in [0.3, 0.4) is 0 Å². The minimum atomic E-state index is -3.90. The van der Waals surface area contributed by atoms with Crippen LogP contribution in [-0.4, -0.2) is 51.1 Å². The maximum Gasteiger partial charge on any atom is 0.240 e. The molecule has 1 aliphatic heterocycles. The van der Waals surface area contributed by atoms with E-state index in [4.69, 9.17) is 28.0 Å². The molecule has 2 aliphatic rings. The molecule has 1 aliphatic carbocycles. The van der Waals surface area contributed by atoms with Gasteiger partial charge in [0.2, 0.25) is 21.8 Å². The summed E-state index contributed by atoms with van der Waals surface area (Å²) in [5.41, 5.74) is 0.334. The van der Waals surface area contributed by atoms with Crippen molar-refractivity contribution in [2.45, 2.75) is 95.2 Å². The smallest absolute Gasteiger partial charge is 0.240 e. The lowest BCUT2D eigenvalue weighted by Crippen LogP contribution is -2.59. The standard InChI is InChI=1S/C32H43Cl2N3O5S2/c1-20(2)27(19-43(35,40)21(3)4)37-29(22-10-12-24(33)13-11-22)26(23-8-7-9-25(34)16-23)17-31(5,30(37)39)18-28(38)36-44(41,42)32(6)14-15-32/h7-13,16,20-21,26-27,29,35H,14-15,17-19H2,1-6H3,(H,36,38)/t26-,27?,29-,31-,43?/m1/s1. The Bertz CT molecular complexity index is 1620. The van der Waals surface area contributed by atoms with Crippen LogP contribution in [0.15, 0.2) is 48.5 Å². The number of carbonyl (C=O) groups is 2. The lowest BCUT2D eigenvalue weighted by molar-refractivity contribution is -0.157. The predicted octanol–water partition coefficient (Wildman–Crippen LogP) is 6.93. The van der Waals surface area contributed by atoms with Gasteiger partial charge < -0.3 is 4.90 Å². The molecule has 12 heteroatoms. The maximum atomic E-state index is 14.8. The number of amides is 2. The fourth-order valence-corrected chi connectivity index (χ4v) is 9.08. The maximum absolute atomic E-state index is 14.8. The summed E-state index contributed by atoms with van der Waals surface area (Å²) in [5, 5.41) is 0.606. The molecule has 8 nitrogen and oxygen atoms in total. The van der Waals surface area contributed by atoms with Crippen molar-refractivity contribution in [3.63, 3.8) is 0 Å². The van der Waals surface area contributed by atoms with Crippen LogP contribution >= 0.6 is 23.2 Å². The van der Waals surface area contributed by atoms with Crippen LogP contribution in [0.1, 0.15) is 90.3 Å². The van der Waals surface area contributed by atoms with Gasteiger partial charge in [0.15, 0.2) is 0 Å². The van der Waals surface area contributed by atoms with Gasteiger partial charge in [0, 0.05) is 43.4 Å². The Morgan fingerprint density at radius 3 is 2.14 bits per heavy atom. The molecule has 44 heavy (non-hydrogen) atoms. The van der Waals surface area contributed by atoms with Gasteiger partial charge >= 0.3 is 0 Å². The van der Waals surface area contributed by atoms with E-state index in [1.807, 2.05) is 44.2 Å². The van der Waals surface area contributed by atoms with Gasteiger partial charge in [0.05, 0.1) is 22.0 Å². The number of hydrogen-bond acceptors (Lipinski definition) is 6. The molecule has 1 saturated heterocycles. The summed E-state index contributed by atoms with van der Waals surface area (Å²) in [7, 11) is -7.01. The third-order valence-electron chi connectivity index (χ3n) is 9.30. The Labute approximate surface area is 272 Å². The first kappa shape index (κ1) is 34.7. The van der Waals surface area contributed by atoms with E-state index in [1.165, 1.54) is 0 Å². The summed E-state index contributed by atoms with van der Waals surface area (Å²) in [6, 6.07) is 13.4. The van der Waals surface area contributed by atoms with E-state index < -0.39 is 53.2 Å². The van der Waals surface area contributed by atoms with Crippen LogP contribution in [0.4, 0.5) is 0 Å². The van der Waals surface area contributed by atoms with E-state index in [9.17, 15) is 22.2 Å². The Kier molecular flexibility index (Phi) is 9.92. The van der Waals surface area contributed by atoms with E-state index in [-0.39, 0.29) is 36.3 Å². The first-order chi connectivity index (χ1) is 20.3. The molecule has 4 rings (SSSR count). The number of benzene rings is 2. The van der Waals surface area contributed by atoms with E-state index in [0.717, 1.165) is 11.1 Å². The van der Waals surface area contributed by atoms with Gasteiger partial charge in [-0.3, -0.25) is 19.1 Å². The van der Waals surface area contributed by atoms with Crippen LogP contribution in [-0.2, 0) is 29.3 Å². The van der Waals surface area contributed by atoms with Crippen molar-refractivity contribution < 1.29 is 22.2 Å². The summed E-state index contributed by atoms with van der Waals surface area (Å²) in [6.45, 7) is 10.6. The third-order valence-corrected chi connectivity index (χ3v) is 14.3. The number of rotatable bonds is 11. The molecule has 2 aromatic rings. The van der Waals surface area contributed by atoms with Crippen LogP contribution in [0.25, 0.3) is 0 Å². The fourth-order valence-electron chi connectivity index (χ4n) is 6.06. The second kappa shape index (κ2) is 12.6. The number of carbonyl (C=O) groups excluding carboxylic acids is 2. The normalized spacial score (nSPS) is 25.5. The highest BCUT2D eigenvalue weighted by atomic mass is 35.5. The minimum absolute atomic E-state index is 0.0462. The van der Waals surface area contributed by atoms with Gasteiger partial charge in [-0.2, -0.15) is 0 Å². The van der Waals surface area contributed by atoms with Gasteiger partial charge in [-0.1, -0.05) is 82.1 Å². The van der Waals surface area contributed by atoms with Gasteiger partial charge in [-0.25, -0.2) is 12.6 Å². The van der Waals surface area contributed by atoms with Crippen molar-refractivity contribution >= 4 is 54.8 Å². The Morgan fingerprint density at radius 1 is 1.00 bits per heavy atom. The number of likely N-dealkylation sites (tertiary alicyclic amines) is 1. The van der Waals surface area contributed by atoms with Crippen LogP contribution < -0.4 is 4.72 Å². The molecule has 2 N–H and O–H groups in total. The van der Waals surface area contributed by atoms with Crippen LogP contribution in [0.2, 0.25) is 10.0 Å². The van der Waals surface area contributed by atoms with Gasteiger partial charge in [-0.05, 0) is 67.5 Å². The molecule has 2 fully saturated rings. The second-order valence-corrected chi connectivity index (χ2v) is 19.3. The van der Waals surface area contributed by atoms with Gasteiger partial charge in [0.25, 0.3) is 0 Å². The topological polar surface area (TPSA) is 124 Å². The van der Waals surface area contributed by atoms with E-state index >= 15 is 0 Å². The highest BCUT2D eigenvalue weighted by molar-refractivity contribution is 7.93. The van der Waals surface area contributed by atoms with Crippen molar-refractivity contribution in [1.29, 1.82) is 4.78 Å². The molecule has 0 radical (unpaired) electrons. The van der Waals surface area contributed by atoms with Crippen LogP contribution in [0, 0.1) is 16.1 Å². The highest BCUT2D eigenvalue weighted by Crippen LogP contribution is 2.53. The van der Waals surface area contributed by atoms with Crippen molar-refractivity contribution in [2.24, 2.45) is 11.3 Å². The van der Waals surface area contributed by atoms with Crippen molar-refractivity contribution in [3.8, 4) is 0 Å². The summed E-state index contributed by atoms with van der Waals surface area (Å²) in [4.78, 5) is 30.0. The summed E-state index contributed by atoms with van der Waals surface area (Å²) in [5.74, 6) is -1.69. The molecule has 242 valence electrons. The monoisotopic (exact) mass is 683 g/mol. The molecule has 1 heterocycles. The fraction of sp³-hybridized carbons (Fsp3) is 0.562. The average molecular weight is 685 g/mol. The molecule has 2 unspecified atom stereocenters. The number of hydrogen-bond donors (Lipinski definition) is 2. The third kappa shape index (κ3) is 7.13. The molecule has 2 amide bonds. The lowest BCUT2D eigenvalue weighted by atomic mass is 9.66. The summed E-state index contributed by atoms with van der Waals surface area (Å²) in [6.07, 6.45) is 0.814. The number of sulfonamides is 1. The summed E-state index contributed by atoms with van der Waals surface area (Å²) < 4.78 is 49.4. The predicted molar refractivity (Wildman–Crippen MR) is 177 cm³/mol. The summed E-state index contributed by atoms with van der Waals surface area (Å²) >= 11 is 12.7. The average Bonchev–Trinajstić information content (AvgIpc) is 3.68. The van der Waals surface area contributed by atoms with Crippen molar-refractivity contribution in [2.75, 3.05) is 5.75 Å². The van der Waals surface area contributed by atoms with Crippen molar-refractivity contribution in [3.05, 3.63) is 69.7 Å². The first-order valence-corrected chi connectivity index (χ1v) is 19.0.